The van der Waals surface area contributed by atoms with Crippen LogP contribution in [0.2, 0.25) is 0 Å². The van der Waals surface area contributed by atoms with Crippen LogP contribution in [0.25, 0.3) is 0 Å². The molecule has 0 aromatic carbocycles. The van der Waals surface area contributed by atoms with Crippen LogP contribution in [0.15, 0.2) is 0 Å². The molecule has 0 aromatic heterocycles. The van der Waals surface area contributed by atoms with Gasteiger partial charge in [-0.3, -0.25) is 4.79 Å². The zero-order valence-electron chi connectivity index (χ0n) is 18.8. The fourth-order valence-electron chi connectivity index (χ4n) is 9.00. The number of hydrogen-bond acceptors (Lipinski definition) is 3. The highest BCUT2D eigenvalue weighted by Crippen LogP contribution is 2.68. The van der Waals surface area contributed by atoms with Gasteiger partial charge >= 0.3 is 5.97 Å². The fraction of sp³-hybridized carbons (Fsp3) is 0.960. The van der Waals surface area contributed by atoms with E-state index in [-0.39, 0.29) is 29.0 Å². The smallest absolute Gasteiger partial charge is 0.306 e. The van der Waals surface area contributed by atoms with Crippen molar-refractivity contribution in [2.75, 3.05) is 0 Å². The second kappa shape index (κ2) is 7.51. The van der Waals surface area contributed by atoms with E-state index in [9.17, 15) is 20.1 Å². The van der Waals surface area contributed by atoms with Gasteiger partial charge in [0, 0.05) is 0 Å². The van der Waals surface area contributed by atoms with Crippen LogP contribution in [-0.4, -0.2) is 33.5 Å². The van der Waals surface area contributed by atoms with Gasteiger partial charge in [-0.05, 0) is 104 Å². The molecule has 29 heavy (non-hydrogen) atoms. The predicted molar refractivity (Wildman–Crippen MR) is 113 cm³/mol. The monoisotopic (exact) mass is 406 g/mol. The maximum atomic E-state index is 11.4. The van der Waals surface area contributed by atoms with Gasteiger partial charge in [-0.2, -0.15) is 0 Å². The number of carboxylic acids is 1. The maximum Gasteiger partial charge on any atom is 0.306 e. The third-order valence-corrected chi connectivity index (χ3v) is 10.6. The number of carboxylic acid groups (broad SMARTS) is 1. The van der Waals surface area contributed by atoms with Gasteiger partial charge in [-0.15, -0.1) is 0 Å². The zero-order valence-corrected chi connectivity index (χ0v) is 18.8. The van der Waals surface area contributed by atoms with Crippen LogP contribution < -0.4 is 0 Å². The summed E-state index contributed by atoms with van der Waals surface area (Å²) in [5.41, 5.74) is 0.503. The first-order chi connectivity index (χ1) is 13.6. The normalized spacial score (nSPS) is 51.4. The molecule has 166 valence electrons. The quantitative estimate of drug-likeness (QED) is 0.631. The molecule has 4 fully saturated rings. The number of carbonyl (C=O) groups is 1. The summed E-state index contributed by atoms with van der Waals surface area (Å²) in [5, 5.41) is 30.9. The van der Waals surface area contributed by atoms with Gasteiger partial charge in [0.2, 0.25) is 0 Å². The van der Waals surface area contributed by atoms with Crippen molar-refractivity contribution in [3.63, 3.8) is 0 Å². The fourth-order valence-corrected chi connectivity index (χ4v) is 9.00. The molecule has 0 radical (unpaired) electrons. The van der Waals surface area contributed by atoms with Crippen LogP contribution in [0.5, 0.6) is 0 Å². The van der Waals surface area contributed by atoms with Crippen LogP contribution in [0, 0.1) is 52.3 Å². The lowest BCUT2D eigenvalue weighted by Crippen LogP contribution is -2.58. The molecule has 5 unspecified atom stereocenters. The first-order valence-corrected chi connectivity index (χ1v) is 12.2. The van der Waals surface area contributed by atoms with Gasteiger partial charge in [0.05, 0.1) is 18.1 Å². The zero-order chi connectivity index (χ0) is 21.1. The molecule has 4 aliphatic carbocycles. The lowest BCUT2D eigenvalue weighted by atomic mass is 9.43. The molecule has 0 amide bonds. The largest absolute Gasteiger partial charge is 0.481 e. The van der Waals surface area contributed by atoms with Crippen LogP contribution in [0.3, 0.4) is 0 Å². The third-order valence-electron chi connectivity index (χ3n) is 10.6. The van der Waals surface area contributed by atoms with Gasteiger partial charge in [0.1, 0.15) is 0 Å². The Morgan fingerprint density at radius 1 is 0.966 bits per heavy atom. The second-order valence-corrected chi connectivity index (χ2v) is 11.9. The molecule has 0 saturated heterocycles. The van der Waals surface area contributed by atoms with E-state index in [2.05, 4.69) is 20.8 Å². The lowest BCUT2D eigenvalue weighted by molar-refractivity contribution is -0.174. The predicted octanol–water partition coefficient (Wildman–Crippen LogP) is 4.72. The van der Waals surface area contributed by atoms with Gasteiger partial charge in [0.15, 0.2) is 0 Å². The Morgan fingerprint density at radius 3 is 2.31 bits per heavy atom. The summed E-state index contributed by atoms with van der Waals surface area (Å²) in [6.45, 7) is 9.02. The van der Waals surface area contributed by atoms with Crippen molar-refractivity contribution in [3.8, 4) is 0 Å². The van der Waals surface area contributed by atoms with Gasteiger partial charge in [0.25, 0.3) is 0 Å². The molecule has 3 N–H and O–H groups in total. The molecule has 0 heterocycles. The summed E-state index contributed by atoms with van der Waals surface area (Å²) >= 11 is 0. The Labute approximate surface area is 176 Å². The topological polar surface area (TPSA) is 77.8 Å². The highest BCUT2D eigenvalue weighted by atomic mass is 16.4. The minimum Gasteiger partial charge on any atom is -0.481 e. The Kier molecular flexibility index (Phi) is 5.60. The van der Waals surface area contributed by atoms with E-state index in [1.165, 1.54) is 25.7 Å². The van der Waals surface area contributed by atoms with Gasteiger partial charge in [-0.1, -0.05) is 27.7 Å². The van der Waals surface area contributed by atoms with Crippen LogP contribution in [-0.2, 0) is 4.79 Å². The summed E-state index contributed by atoms with van der Waals surface area (Å²) < 4.78 is 0. The van der Waals surface area contributed by atoms with Gasteiger partial charge in [-0.25, -0.2) is 0 Å². The molecule has 4 saturated carbocycles. The minimum absolute atomic E-state index is 0.182. The highest BCUT2D eigenvalue weighted by Gasteiger charge is 2.62. The van der Waals surface area contributed by atoms with Crippen molar-refractivity contribution in [1.82, 2.24) is 0 Å². The molecule has 0 aliphatic heterocycles. The average Bonchev–Trinajstić information content (AvgIpc) is 3.00. The Balaban J connectivity index is 1.56. The van der Waals surface area contributed by atoms with Crippen molar-refractivity contribution in [1.29, 1.82) is 0 Å². The molecule has 4 aliphatic rings. The molecular formula is C25H42O4. The van der Waals surface area contributed by atoms with Crippen molar-refractivity contribution in [2.24, 2.45) is 52.3 Å². The van der Waals surface area contributed by atoms with Crippen molar-refractivity contribution in [3.05, 3.63) is 0 Å². The van der Waals surface area contributed by atoms with Crippen LogP contribution >= 0.6 is 0 Å². The molecular weight excluding hydrogens is 364 g/mol. The van der Waals surface area contributed by atoms with E-state index in [1.807, 2.05) is 6.92 Å². The van der Waals surface area contributed by atoms with E-state index >= 15 is 0 Å². The highest BCUT2D eigenvalue weighted by molar-refractivity contribution is 5.69. The number of aliphatic carboxylic acids is 1. The molecule has 0 bridgehead atoms. The maximum absolute atomic E-state index is 11.4. The summed E-state index contributed by atoms with van der Waals surface area (Å²) in [6, 6.07) is 0. The summed E-state index contributed by atoms with van der Waals surface area (Å²) in [5.74, 6) is 2.02. The number of aliphatic hydroxyl groups excluding tert-OH is 2. The SMILES string of the molecule is CC(C[C@@H](C)[C@H]1CCC2C3C(O)C[C@@H]4C[C@H](O)CC[C@]4(C)C3CC[C@@]21C)C(=O)O. The summed E-state index contributed by atoms with van der Waals surface area (Å²) in [4.78, 5) is 11.4. The number of hydrogen-bond donors (Lipinski definition) is 3. The Morgan fingerprint density at radius 2 is 1.62 bits per heavy atom. The van der Waals surface area contributed by atoms with E-state index < -0.39 is 5.97 Å². The number of fused-ring (bicyclic) bond motifs is 5. The summed E-state index contributed by atoms with van der Waals surface area (Å²) in [7, 11) is 0. The van der Waals surface area contributed by atoms with E-state index in [4.69, 9.17) is 0 Å². The third kappa shape index (κ3) is 3.37. The molecule has 4 heteroatoms. The summed E-state index contributed by atoms with van der Waals surface area (Å²) in [6.07, 6.45) is 8.87. The molecule has 4 nitrogen and oxygen atoms in total. The van der Waals surface area contributed by atoms with E-state index in [0.29, 0.717) is 35.5 Å². The Hall–Kier alpha value is -0.610. The molecule has 0 aromatic rings. The minimum atomic E-state index is -0.679. The first-order valence-electron chi connectivity index (χ1n) is 12.2. The van der Waals surface area contributed by atoms with E-state index in [0.717, 1.165) is 32.1 Å². The van der Waals surface area contributed by atoms with Crippen LogP contribution in [0.1, 0.15) is 85.5 Å². The lowest BCUT2D eigenvalue weighted by Gasteiger charge is -2.62. The molecule has 0 spiro atoms. The Bertz CT molecular complexity index is 634. The van der Waals surface area contributed by atoms with Crippen molar-refractivity contribution >= 4 is 5.97 Å². The molecule has 4 rings (SSSR count). The number of rotatable bonds is 4. The van der Waals surface area contributed by atoms with Crippen molar-refractivity contribution < 1.29 is 20.1 Å². The van der Waals surface area contributed by atoms with E-state index in [1.54, 1.807) is 0 Å². The number of aliphatic hydroxyl groups is 2. The average molecular weight is 407 g/mol. The van der Waals surface area contributed by atoms with Crippen molar-refractivity contribution in [2.45, 2.75) is 97.7 Å². The molecule has 11 atom stereocenters. The standard InChI is InChI=1S/C25H42O4/c1-14(11-15(2)23(28)29)18-5-6-19-22-20(8-10-25(18,19)4)24(3)9-7-17(26)12-16(24)13-21(22)27/h14-22,26-27H,5-13H2,1-4H3,(H,28,29)/t14-,15?,16+,17-,18-,19?,20?,21?,22?,24+,25-/m1/s1. The first kappa shape index (κ1) is 21.6. The van der Waals surface area contributed by atoms with Gasteiger partial charge < -0.3 is 15.3 Å². The second-order valence-electron chi connectivity index (χ2n) is 11.9. The van der Waals surface area contributed by atoms with Crippen LogP contribution in [0.4, 0.5) is 0 Å².